The van der Waals surface area contributed by atoms with Crippen LogP contribution in [-0.2, 0) is 20.5 Å². The van der Waals surface area contributed by atoms with E-state index in [0.29, 0.717) is 5.56 Å². The van der Waals surface area contributed by atoms with Crippen LogP contribution in [0, 0.1) is 11.3 Å². The average Bonchev–Trinajstić information content (AvgIpc) is 2.42. The van der Waals surface area contributed by atoms with Gasteiger partial charge in [0.1, 0.15) is 12.2 Å². The zero-order chi connectivity index (χ0) is 16.8. The molecule has 0 spiro atoms. The van der Waals surface area contributed by atoms with Gasteiger partial charge in [-0.05, 0) is 24.6 Å². The molecule has 4 nitrogen and oxygen atoms in total. The van der Waals surface area contributed by atoms with Gasteiger partial charge in [0.2, 0.25) is 0 Å². The fourth-order valence-electron chi connectivity index (χ4n) is 1.76. The molecule has 0 aliphatic carbocycles. The van der Waals surface area contributed by atoms with E-state index in [-0.39, 0.29) is 25.2 Å². The number of alkyl halides is 3. The highest BCUT2D eigenvalue weighted by Gasteiger charge is 2.30. The molecule has 0 heterocycles. The van der Waals surface area contributed by atoms with Crippen LogP contribution >= 0.6 is 0 Å². The maximum Gasteiger partial charge on any atom is 0.416 e. The van der Waals surface area contributed by atoms with Crippen LogP contribution in [0.25, 0.3) is 0 Å². The molecule has 1 atom stereocenters. The molecule has 0 aliphatic rings. The molecule has 1 aromatic rings. The molecule has 0 N–H and O–H groups in total. The van der Waals surface area contributed by atoms with Crippen molar-refractivity contribution in [1.82, 2.24) is 0 Å². The number of halogens is 3. The van der Waals surface area contributed by atoms with Gasteiger partial charge in [-0.3, -0.25) is 9.59 Å². The third kappa shape index (κ3) is 5.56. The lowest BCUT2D eigenvalue weighted by molar-refractivity contribution is -0.146. The second kappa shape index (κ2) is 7.59. The van der Waals surface area contributed by atoms with Gasteiger partial charge in [0.15, 0.2) is 0 Å². The highest BCUT2D eigenvalue weighted by molar-refractivity contribution is 5.94. The Bertz CT molecular complexity index is 573. The van der Waals surface area contributed by atoms with Crippen LogP contribution in [0.2, 0.25) is 0 Å². The van der Waals surface area contributed by atoms with Crippen molar-refractivity contribution in [3.8, 4) is 6.07 Å². The van der Waals surface area contributed by atoms with Gasteiger partial charge in [-0.15, -0.1) is 0 Å². The number of carbonyl (C=O) groups is 2. The Hall–Kier alpha value is -2.36. The summed E-state index contributed by atoms with van der Waals surface area (Å²) in [6.07, 6.45) is -4.62. The summed E-state index contributed by atoms with van der Waals surface area (Å²) in [5.74, 6) is -1.70. The third-order valence-corrected chi connectivity index (χ3v) is 2.86. The minimum atomic E-state index is -4.43. The standard InChI is InChI=1S/C15H14F3NO3/c1-10(20)8-14(21)22-7-6-12(9-19)11-2-4-13(5-3-11)15(16,17)18/h2-5,12H,6-8H2,1H3. The fraction of sp³-hybridized carbons (Fsp3) is 0.400. The highest BCUT2D eigenvalue weighted by Crippen LogP contribution is 2.30. The maximum atomic E-state index is 12.4. The predicted octanol–water partition coefficient (Wildman–Crippen LogP) is 3.22. The van der Waals surface area contributed by atoms with Crippen LogP contribution in [0.5, 0.6) is 0 Å². The fourth-order valence-corrected chi connectivity index (χ4v) is 1.76. The first-order valence-electron chi connectivity index (χ1n) is 6.46. The van der Waals surface area contributed by atoms with Crippen molar-refractivity contribution in [3.63, 3.8) is 0 Å². The first-order chi connectivity index (χ1) is 10.2. The number of ketones is 1. The lowest BCUT2D eigenvalue weighted by atomic mass is 9.96. The Morgan fingerprint density at radius 3 is 2.32 bits per heavy atom. The minimum absolute atomic E-state index is 0.0780. The zero-order valence-corrected chi connectivity index (χ0v) is 11.8. The number of carbonyl (C=O) groups excluding carboxylic acids is 2. The maximum absolute atomic E-state index is 12.4. The van der Waals surface area contributed by atoms with Crippen LogP contribution in [0.1, 0.15) is 36.8 Å². The third-order valence-electron chi connectivity index (χ3n) is 2.86. The minimum Gasteiger partial charge on any atom is -0.465 e. The normalized spacial score (nSPS) is 12.3. The van der Waals surface area contributed by atoms with Crippen LogP contribution < -0.4 is 0 Å². The lowest BCUT2D eigenvalue weighted by Crippen LogP contribution is -2.11. The Balaban J connectivity index is 2.60. The first kappa shape index (κ1) is 17.7. The number of esters is 1. The molecule has 1 aromatic carbocycles. The summed E-state index contributed by atoms with van der Waals surface area (Å²) in [4.78, 5) is 21.9. The molecule has 7 heteroatoms. The first-order valence-corrected chi connectivity index (χ1v) is 6.46. The lowest BCUT2D eigenvalue weighted by Gasteiger charge is -2.12. The van der Waals surface area contributed by atoms with Crippen molar-refractivity contribution < 1.29 is 27.5 Å². The van der Waals surface area contributed by atoms with Gasteiger partial charge in [0.25, 0.3) is 0 Å². The van der Waals surface area contributed by atoms with E-state index in [0.717, 1.165) is 12.1 Å². The second-order valence-corrected chi connectivity index (χ2v) is 4.69. The summed E-state index contributed by atoms with van der Waals surface area (Å²) in [6, 6.07) is 6.22. The molecule has 0 bridgehead atoms. The Morgan fingerprint density at radius 1 is 1.27 bits per heavy atom. The molecule has 0 aromatic heterocycles. The molecule has 0 amide bonds. The highest BCUT2D eigenvalue weighted by atomic mass is 19.4. The summed E-state index contributed by atoms with van der Waals surface area (Å²) in [5, 5.41) is 9.05. The molecule has 0 saturated heterocycles. The van der Waals surface area contributed by atoms with E-state index in [1.807, 2.05) is 6.07 Å². The molecule has 0 aliphatic heterocycles. The van der Waals surface area contributed by atoms with Crippen molar-refractivity contribution in [2.75, 3.05) is 6.61 Å². The summed E-state index contributed by atoms with van der Waals surface area (Å²) in [6.45, 7) is 1.17. The summed E-state index contributed by atoms with van der Waals surface area (Å²) in [5.41, 5.74) is -0.376. The van der Waals surface area contributed by atoms with Crippen LogP contribution in [0.3, 0.4) is 0 Å². The Morgan fingerprint density at radius 2 is 1.86 bits per heavy atom. The predicted molar refractivity (Wildman–Crippen MR) is 70.7 cm³/mol. The number of nitrogens with zero attached hydrogens (tertiary/aromatic N) is 1. The summed E-state index contributed by atoms with van der Waals surface area (Å²) >= 11 is 0. The average molecular weight is 313 g/mol. The second-order valence-electron chi connectivity index (χ2n) is 4.69. The van der Waals surface area contributed by atoms with E-state index in [4.69, 9.17) is 10.00 Å². The number of ether oxygens (including phenoxy) is 1. The van der Waals surface area contributed by atoms with E-state index in [1.165, 1.54) is 19.1 Å². The molecule has 0 radical (unpaired) electrons. The van der Waals surface area contributed by atoms with Crippen molar-refractivity contribution in [1.29, 1.82) is 5.26 Å². The van der Waals surface area contributed by atoms with Crippen LogP contribution in [0.15, 0.2) is 24.3 Å². The SMILES string of the molecule is CC(=O)CC(=O)OCCC(C#N)c1ccc(C(F)(F)F)cc1. The summed E-state index contributed by atoms with van der Waals surface area (Å²) < 4.78 is 42.1. The molecule has 118 valence electrons. The summed E-state index contributed by atoms with van der Waals surface area (Å²) in [7, 11) is 0. The molecule has 1 unspecified atom stereocenters. The number of benzene rings is 1. The number of rotatable bonds is 6. The number of nitriles is 1. The number of hydrogen-bond acceptors (Lipinski definition) is 4. The Labute approximate surface area is 125 Å². The topological polar surface area (TPSA) is 67.2 Å². The van der Waals surface area contributed by atoms with E-state index >= 15 is 0 Å². The smallest absolute Gasteiger partial charge is 0.416 e. The molecule has 0 fully saturated rings. The van der Waals surface area contributed by atoms with Crippen LogP contribution in [0.4, 0.5) is 13.2 Å². The molecule has 22 heavy (non-hydrogen) atoms. The van der Waals surface area contributed by atoms with Gasteiger partial charge in [0.05, 0.1) is 24.2 Å². The molecular weight excluding hydrogens is 299 g/mol. The van der Waals surface area contributed by atoms with Gasteiger partial charge in [-0.1, -0.05) is 12.1 Å². The van der Waals surface area contributed by atoms with Gasteiger partial charge >= 0.3 is 12.1 Å². The molecular formula is C15H14F3NO3. The monoisotopic (exact) mass is 313 g/mol. The quantitative estimate of drug-likeness (QED) is 0.597. The van der Waals surface area contributed by atoms with Crippen molar-refractivity contribution in [2.24, 2.45) is 0 Å². The van der Waals surface area contributed by atoms with Gasteiger partial charge in [0, 0.05) is 6.42 Å². The van der Waals surface area contributed by atoms with Crippen molar-refractivity contribution in [3.05, 3.63) is 35.4 Å². The van der Waals surface area contributed by atoms with Gasteiger partial charge in [-0.2, -0.15) is 18.4 Å². The van der Waals surface area contributed by atoms with Gasteiger partial charge < -0.3 is 4.74 Å². The van der Waals surface area contributed by atoms with Gasteiger partial charge in [-0.25, -0.2) is 0 Å². The molecule has 0 saturated carbocycles. The van der Waals surface area contributed by atoms with E-state index in [2.05, 4.69) is 0 Å². The van der Waals surface area contributed by atoms with E-state index in [1.54, 1.807) is 0 Å². The van der Waals surface area contributed by atoms with Crippen LogP contribution in [-0.4, -0.2) is 18.4 Å². The number of hydrogen-bond donors (Lipinski definition) is 0. The molecule has 1 rings (SSSR count). The van der Waals surface area contributed by atoms with E-state index < -0.39 is 23.6 Å². The van der Waals surface area contributed by atoms with Crippen molar-refractivity contribution >= 4 is 11.8 Å². The largest absolute Gasteiger partial charge is 0.465 e. The Kier molecular flexibility index (Phi) is 6.11. The van der Waals surface area contributed by atoms with E-state index in [9.17, 15) is 22.8 Å². The zero-order valence-electron chi connectivity index (χ0n) is 11.8. The van der Waals surface area contributed by atoms with Crippen molar-refractivity contribution in [2.45, 2.75) is 31.9 Å². The number of Topliss-reactive ketones (excluding diaryl/α,β-unsaturated/α-hetero) is 1.